The molecule has 106 valence electrons. The summed E-state index contributed by atoms with van der Waals surface area (Å²) in [5.41, 5.74) is 5.41. The lowest BCUT2D eigenvalue weighted by molar-refractivity contribution is -0.149. The summed E-state index contributed by atoms with van der Waals surface area (Å²) in [4.78, 5) is 33.2. The van der Waals surface area contributed by atoms with Crippen LogP contribution < -0.4 is 11.1 Å². The summed E-state index contributed by atoms with van der Waals surface area (Å²) in [6.07, 6.45) is 1.46. The third-order valence-electron chi connectivity index (χ3n) is 2.21. The Morgan fingerprint density at radius 1 is 1.35 bits per heavy atom. The Labute approximate surface area is 120 Å². The average molecular weight is 297 g/mol. The van der Waals surface area contributed by atoms with Crippen LogP contribution in [0, 0.1) is 0 Å². The monoisotopic (exact) mass is 296 g/mol. The molecule has 0 aromatic heterocycles. The molecule has 0 aliphatic heterocycles. The minimum atomic E-state index is -1.13. The molecule has 0 unspecified atom stereocenters. The number of esters is 1. The van der Waals surface area contributed by atoms with Gasteiger partial charge < -0.3 is 10.5 Å². The van der Waals surface area contributed by atoms with E-state index < -0.39 is 24.0 Å². The van der Waals surface area contributed by atoms with Gasteiger partial charge in [0, 0.05) is 11.1 Å². The lowest BCUT2D eigenvalue weighted by Gasteiger charge is -2.10. The van der Waals surface area contributed by atoms with Crippen molar-refractivity contribution in [1.82, 2.24) is 5.32 Å². The molecule has 0 bridgehead atoms. The van der Waals surface area contributed by atoms with Gasteiger partial charge in [0.25, 0.3) is 5.91 Å². The van der Waals surface area contributed by atoms with Crippen LogP contribution in [0.3, 0.4) is 0 Å². The zero-order chi connectivity index (χ0) is 15.1. The molecule has 7 heteroatoms. The maximum atomic E-state index is 11.5. The molecule has 0 saturated heterocycles. The zero-order valence-corrected chi connectivity index (χ0v) is 11.4. The van der Waals surface area contributed by atoms with Gasteiger partial charge in [0.1, 0.15) is 0 Å². The molecule has 0 aliphatic rings. The second-order valence-corrected chi connectivity index (χ2v) is 4.19. The first-order valence-corrected chi connectivity index (χ1v) is 6.01. The number of amides is 3. The van der Waals surface area contributed by atoms with E-state index in [1.807, 2.05) is 5.32 Å². The molecule has 20 heavy (non-hydrogen) atoms. The van der Waals surface area contributed by atoms with Crippen molar-refractivity contribution in [2.75, 3.05) is 0 Å². The van der Waals surface area contributed by atoms with E-state index in [-0.39, 0.29) is 0 Å². The van der Waals surface area contributed by atoms with E-state index >= 15 is 0 Å². The van der Waals surface area contributed by atoms with Gasteiger partial charge in [0.05, 0.1) is 0 Å². The standard InChI is InChI=1S/C13H13ClN2O4/c1-8(12(18)16-13(15)19)20-11(17)7-6-9-4-2-3-5-10(9)14/h2-8H,1H3,(H3,15,16,18,19)/b7-6+/t8-/m0/s1. The van der Waals surface area contributed by atoms with E-state index in [4.69, 9.17) is 22.1 Å². The zero-order valence-electron chi connectivity index (χ0n) is 10.6. The lowest BCUT2D eigenvalue weighted by atomic mass is 10.2. The van der Waals surface area contributed by atoms with Crippen LogP contribution in [0.15, 0.2) is 30.3 Å². The maximum absolute atomic E-state index is 11.5. The molecule has 1 aromatic rings. The first kappa shape index (κ1) is 15.7. The number of benzene rings is 1. The lowest BCUT2D eigenvalue weighted by Crippen LogP contribution is -2.42. The van der Waals surface area contributed by atoms with Crippen molar-refractivity contribution in [3.63, 3.8) is 0 Å². The highest BCUT2D eigenvalue weighted by atomic mass is 35.5. The quantitative estimate of drug-likeness (QED) is 0.649. The Morgan fingerprint density at radius 2 is 2.00 bits per heavy atom. The van der Waals surface area contributed by atoms with Gasteiger partial charge in [-0.15, -0.1) is 0 Å². The maximum Gasteiger partial charge on any atom is 0.331 e. The van der Waals surface area contributed by atoms with Crippen LogP contribution in [-0.2, 0) is 14.3 Å². The molecule has 1 aromatic carbocycles. The number of primary amides is 1. The Balaban J connectivity index is 2.58. The molecule has 0 heterocycles. The summed E-state index contributed by atoms with van der Waals surface area (Å²) >= 11 is 5.90. The Morgan fingerprint density at radius 3 is 2.60 bits per heavy atom. The second-order valence-electron chi connectivity index (χ2n) is 3.79. The normalized spacial score (nSPS) is 11.9. The Kier molecular flexibility index (Phi) is 5.74. The van der Waals surface area contributed by atoms with Crippen LogP contribution in [0.5, 0.6) is 0 Å². The van der Waals surface area contributed by atoms with Crippen LogP contribution in [-0.4, -0.2) is 24.0 Å². The highest BCUT2D eigenvalue weighted by Crippen LogP contribution is 2.16. The number of carbonyl (C=O) groups excluding carboxylic acids is 3. The average Bonchev–Trinajstić information content (AvgIpc) is 2.37. The first-order chi connectivity index (χ1) is 9.40. The molecule has 6 nitrogen and oxygen atoms in total. The van der Waals surface area contributed by atoms with Gasteiger partial charge in [-0.1, -0.05) is 29.8 Å². The summed E-state index contributed by atoms with van der Waals surface area (Å²) < 4.78 is 4.79. The number of rotatable bonds is 4. The van der Waals surface area contributed by atoms with Crippen molar-refractivity contribution in [3.05, 3.63) is 40.9 Å². The van der Waals surface area contributed by atoms with Crippen LogP contribution in [0.4, 0.5) is 4.79 Å². The fraction of sp³-hybridized carbons (Fsp3) is 0.154. The van der Waals surface area contributed by atoms with Crippen LogP contribution in [0.1, 0.15) is 12.5 Å². The summed E-state index contributed by atoms with van der Waals surface area (Å²) in [5, 5.41) is 2.29. The molecule has 0 aliphatic carbocycles. The molecular formula is C13H13ClN2O4. The van der Waals surface area contributed by atoms with Crippen molar-refractivity contribution in [3.8, 4) is 0 Å². The van der Waals surface area contributed by atoms with E-state index in [2.05, 4.69) is 0 Å². The van der Waals surface area contributed by atoms with Crippen LogP contribution in [0.2, 0.25) is 5.02 Å². The minimum absolute atomic E-state index is 0.482. The highest BCUT2D eigenvalue weighted by molar-refractivity contribution is 6.32. The third kappa shape index (κ3) is 5.11. The van der Waals surface area contributed by atoms with Crippen LogP contribution in [0.25, 0.3) is 6.08 Å². The van der Waals surface area contributed by atoms with Gasteiger partial charge in [-0.3, -0.25) is 10.1 Å². The Hall–Kier alpha value is -2.34. The fourth-order valence-electron chi connectivity index (χ4n) is 1.26. The molecule has 1 atom stereocenters. The number of ether oxygens (including phenoxy) is 1. The fourth-order valence-corrected chi connectivity index (χ4v) is 1.46. The predicted molar refractivity (Wildman–Crippen MR) is 73.8 cm³/mol. The van der Waals surface area contributed by atoms with E-state index in [9.17, 15) is 14.4 Å². The molecular weight excluding hydrogens is 284 g/mol. The summed E-state index contributed by atoms with van der Waals surface area (Å²) in [6.45, 7) is 1.32. The number of halogens is 1. The summed E-state index contributed by atoms with van der Waals surface area (Å²) in [6, 6.07) is 5.91. The van der Waals surface area contributed by atoms with Crippen molar-refractivity contribution >= 4 is 35.6 Å². The smallest absolute Gasteiger partial charge is 0.331 e. The van der Waals surface area contributed by atoms with Gasteiger partial charge in [-0.05, 0) is 24.6 Å². The molecule has 3 N–H and O–H groups in total. The van der Waals surface area contributed by atoms with Crippen LogP contribution >= 0.6 is 11.6 Å². The van der Waals surface area contributed by atoms with E-state index in [0.29, 0.717) is 10.6 Å². The number of imide groups is 1. The van der Waals surface area contributed by atoms with Gasteiger partial charge in [-0.25, -0.2) is 9.59 Å². The predicted octanol–water partition coefficient (Wildman–Crippen LogP) is 1.48. The molecule has 3 amide bonds. The number of carbonyl (C=O) groups is 3. The minimum Gasteiger partial charge on any atom is -0.449 e. The van der Waals surface area contributed by atoms with Gasteiger partial charge in [0.2, 0.25) is 0 Å². The SMILES string of the molecule is C[C@H](OC(=O)/C=C/c1ccccc1Cl)C(=O)NC(N)=O. The molecule has 0 spiro atoms. The summed E-state index contributed by atoms with van der Waals surface area (Å²) in [7, 11) is 0. The molecule has 0 radical (unpaired) electrons. The molecule has 1 rings (SSSR count). The van der Waals surface area contributed by atoms with Gasteiger partial charge >= 0.3 is 12.0 Å². The second kappa shape index (κ2) is 7.30. The van der Waals surface area contributed by atoms with E-state index in [1.165, 1.54) is 13.0 Å². The van der Waals surface area contributed by atoms with Crippen molar-refractivity contribution in [1.29, 1.82) is 0 Å². The molecule has 0 saturated carbocycles. The van der Waals surface area contributed by atoms with Crippen molar-refractivity contribution in [2.24, 2.45) is 5.73 Å². The first-order valence-electron chi connectivity index (χ1n) is 5.63. The van der Waals surface area contributed by atoms with Gasteiger partial charge in [-0.2, -0.15) is 0 Å². The number of urea groups is 1. The van der Waals surface area contributed by atoms with E-state index in [1.54, 1.807) is 24.3 Å². The molecule has 0 fully saturated rings. The number of hydrogen-bond donors (Lipinski definition) is 2. The Bertz CT molecular complexity index is 557. The largest absolute Gasteiger partial charge is 0.449 e. The van der Waals surface area contributed by atoms with Gasteiger partial charge in [0.15, 0.2) is 6.10 Å². The van der Waals surface area contributed by atoms with Crippen molar-refractivity contribution < 1.29 is 19.1 Å². The number of hydrogen-bond acceptors (Lipinski definition) is 4. The van der Waals surface area contributed by atoms with Crippen molar-refractivity contribution in [2.45, 2.75) is 13.0 Å². The number of nitrogens with two attached hydrogens (primary N) is 1. The highest BCUT2D eigenvalue weighted by Gasteiger charge is 2.17. The summed E-state index contributed by atoms with van der Waals surface area (Å²) in [5.74, 6) is -1.53. The number of nitrogens with one attached hydrogen (secondary N) is 1. The topological polar surface area (TPSA) is 98.5 Å². The third-order valence-corrected chi connectivity index (χ3v) is 2.56. The van der Waals surface area contributed by atoms with E-state index in [0.717, 1.165) is 6.08 Å².